The van der Waals surface area contributed by atoms with Crippen LogP contribution in [0, 0.1) is 11.6 Å². The summed E-state index contributed by atoms with van der Waals surface area (Å²) in [4.78, 5) is 0. The van der Waals surface area contributed by atoms with Crippen molar-refractivity contribution in [2.75, 3.05) is 0 Å². The van der Waals surface area contributed by atoms with Crippen LogP contribution in [0.5, 0.6) is 0 Å². The number of nitrogens with two attached hydrogens (primary N) is 1. The molecule has 1 heterocycles. The molecule has 0 saturated carbocycles. The molecule has 1 aromatic heterocycles. The zero-order valence-electron chi connectivity index (χ0n) is 10.1. The van der Waals surface area contributed by atoms with E-state index in [1.165, 1.54) is 18.2 Å². The molecule has 18 heavy (non-hydrogen) atoms. The van der Waals surface area contributed by atoms with Gasteiger partial charge in [-0.25, -0.2) is 8.78 Å². The molecular weight excluding hydrogens is 236 g/mol. The van der Waals surface area contributed by atoms with Gasteiger partial charge in [0.2, 0.25) is 0 Å². The lowest BCUT2D eigenvalue weighted by Gasteiger charge is -2.13. The van der Waals surface area contributed by atoms with Crippen molar-refractivity contribution >= 4 is 0 Å². The zero-order valence-corrected chi connectivity index (χ0v) is 10.1. The van der Waals surface area contributed by atoms with Crippen LogP contribution >= 0.6 is 0 Å². The number of benzene rings is 1. The molecule has 0 spiro atoms. The van der Waals surface area contributed by atoms with E-state index in [1.54, 1.807) is 10.9 Å². The molecule has 2 aromatic rings. The highest BCUT2D eigenvalue weighted by atomic mass is 19.1. The highest BCUT2D eigenvalue weighted by molar-refractivity contribution is 5.23. The van der Waals surface area contributed by atoms with Crippen LogP contribution < -0.4 is 5.73 Å². The first-order chi connectivity index (χ1) is 8.59. The van der Waals surface area contributed by atoms with E-state index in [4.69, 9.17) is 5.73 Å². The Balaban J connectivity index is 2.08. The van der Waals surface area contributed by atoms with Gasteiger partial charge in [0, 0.05) is 30.5 Å². The first-order valence-corrected chi connectivity index (χ1v) is 5.76. The maximum Gasteiger partial charge on any atom is 0.130 e. The normalized spacial score (nSPS) is 12.7. The van der Waals surface area contributed by atoms with Crippen LogP contribution in [0.4, 0.5) is 8.78 Å². The minimum Gasteiger partial charge on any atom is -0.324 e. The van der Waals surface area contributed by atoms with Gasteiger partial charge in [0.25, 0.3) is 0 Å². The Morgan fingerprint density at radius 2 is 1.94 bits per heavy atom. The first kappa shape index (κ1) is 12.7. The Bertz CT molecular complexity index is 517. The van der Waals surface area contributed by atoms with Crippen LogP contribution in [-0.4, -0.2) is 9.78 Å². The molecule has 0 amide bonds. The van der Waals surface area contributed by atoms with Crippen LogP contribution in [0.15, 0.2) is 30.5 Å². The van der Waals surface area contributed by atoms with Crippen molar-refractivity contribution in [2.24, 2.45) is 12.8 Å². The fourth-order valence-corrected chi connectivity index (χ4v) is 1.96. The van der Waals surface area contributed by atoms with Crippen LogP contribution in [0.1, 0.15) is 23.7 Å². The van der Waals surface area contributed by atoms with Gasteiger partial charge < -0.3 is 5.73 Å². The Morgan fingerprint density at radius 3 is 2.50 bits per heavy atom. The molecule has 0 saturated heterocycles. The van der Waals surface area contributed by atoms with E-state index in [-0.39, 0.29) is 5.56 Å². The summed E-state index contributed by atoms with van der Waals surface area (Å²) in [6.45, 7) is 0. The molecule has 5 heteroatoms. The molecule has 1 aromatic carbocycles. The van der Waals surface area contributed by atoms with E-state index in [2.05, 4.69) is 5.10 Å². The van der Waals surface area contributed by atoms with E-state index in [0.29, 0.717) is 12.8 Å². The second-order valence-electron chi connectivity index (χ2n) is 4.23. The van der Waals surface area contributed by atoms with Crippen molar-refractivity contribution in [2.45, 2.75) is 18.9 Å². The number of hydrogen-bond donors (Lipinski definition) is 1. The highest BCUT2D eigenvalue weighted by Gasteiger charge is 2.16. The highest BCUT2D eigenvalue weighted by Crippen LogP contribution is 2.22. The van der Waals surface area contributed by atoms with Crippen molar-refractivity contribution in [3.63, 3.8) is 0 Å². The molecule has 2 N–H and O–H groups in total. The van der Waals surface area contributed by atoms with Crippen molar-refractivity contribution in [1.29, 1.82) is 0 Å². The average Bonchev–Trinajstić information content (AvgIpc) is 2.72. The second-order valence-corrected chi connectivity index (χ2v) is 4.23. The zero-order chi connectivity index (χ0) is 13.1. The van der Waals surface area contributed by atoms with Gasteiger partial charge in [-0.3, -0.25) is 4.68 Å². The number of aromatic nitrogens is 2. The van der Waals surface area contributed by atoms with E-state index in [9.17, 15) is 8.78 Å². The predicted molar refractivity (Wildman–Crippen MR) is 64.8 cm³/mol. The number of hydrogen-bond acceptors (Lipinski definition) is 2. The van der Waals surface area contributed by atoms with E-state index in [1.807, 2.05) is 13.1 Å². The fraction of sp³-hybridized carbons (Fsp3) is 0.308. The molecule has 2 rings (SSSR count). The van der Waals surface area contributed by atoms with Gasteiger partial charge in [0.1, 0.15) is 11.6 Å². The maximum atomic E-state index is 13.5. The minimum atomic E-state index is -0.652. The molecule has 0 aliphatic rings. The molecule has 0 aliphatic heterocycles. The average molecular weight is 251 g/mol. The predicted octanol–water partition coefficient (Wildman–Crippen LogP) is 2.33. The van der Waals surface area contributed by atoms with Crippen LogP contribution in [0.25, 0.3) is 0 Å². The smallest absolute Gasteiger partial charge is 0.130 e. The number of nitrogens with zero attached hydrogens (tertiary/aromatic N) is 2. The Hall–Kier alpha value is -1.75. The second kappa shape index (κ2) is 5.27. The molecular formula is C13H15F2N3. The third kappa shape index (κ3) is 2.56. The minimum absolute atomic E-state index is 0.0420. The maximum absolute atomic E-state index is 13.5. The lowest BCUT2D eigenvalue weighted by molar-refractivity contribution is 0.508. The van der Waals surface area contributed by atoms with Crippen LogP contribution in [0.2, 0.25) is 0 Å². The van der Waals surface area contributed by atoms with Crippen molar-refractivity contribution < 1.29 is 8.78 Å². The van der Waals surface area contributed by atoms with E-state index < -0.39 is 17.7 Å². The topological polar surface area (TPSA) is 43.8 Å². The molecule has 0 aliphatic carbocycles. The molecule has 1 unspecified atom stereocenters. The largest absolute Gasteiger partial charge is 0.324 e. The molecule has 0 radical (unpaired) electrons. The number of aryl methyl sites for hydroxylation is 2. The molecule has 0 fully saturated rings. The Labute approximate surface area is 104 Å². The monoisotopic (exact) mass is 251 g/mol. The summed E-state index contributed by atoms with van der Waals surface area (Å²) >= 11 is 0. The summed E-state index contributed by atoms with van der Waals surface area (Å²) in [5, 5.41) is 4.03. The molecule has 0 bridgehead atoms. The summed E-state index contributed by atoms with van der Waals surface area (Å²) in [5.41, 5.74) is 6.80. The van der Waals surface area contributed by atoms with Gasteiger partial charge in [0.15, 0.2) is 0 Å². The van der Waals surface area contributed by atoms with Gasteiger partial charge >= 0.3 is 0 Å². The molecule has 1 atom stereocenters. The van der Waals surface area contributed by atoms with Crippen molar-refractivity contribution in [3.8, 4) is 0 Å². The number of halogens is 2. The van der Waals surface area contributed by atoms with Gasteiger partial charge in [-0.15, -0.1) is 0 Å². The van der Waals surface area contributed by atoms with E-state index in [0.717, 1.165) is 5.69 Å². The first-order valence-electron chi connectivity index (χ1n) is 5.76. The summed E-state index contributed by atoms with van der Waals surface area (Å²) in [6, 6.07) is 5.00. The number of rotatable bonds is 4. The summed E-state index contributed by atoms with van der Waals surface area (Å²) < 4.78 is 28.7. The molecule has 96 valence electrons. The quantitative estimate of drug-likeness (QED) is 0.906. The van der Waals surface area contributed by atoms with Gasteiger partial charge in [-0.05, 0) is 31.0 Å². The Kier molecular flexibility index (Phi) is 3.72. The lowest BCUT2D eigenvalue weighted by atomic mass is 10.0. The molecule has 3 nitrogen and oxygen atoms in total. The SMILES string of the molecule is Cn1nccc1CCC(N)c1c(F)cccc1F. The third-order valence-corrected chi connectivity index (χ3v) is 3.00. The van der Waals surface area contributed by atoms with Crippen molar-refractivity contribution in [1.82, 2.24) is 9.78 Å². The van der Waals surface area contributed by atoms with Gasteiger partial charge in [-0.2, -0.15) is 5.10 Å². The van der Waals surface area contributed by atoms with Crippen LogP contribution in [0.3, 0.4) is 0 Å². The summed E-state index contributed by atoms with van der Waals surface area (Å²) in [5.74, 6) is -1.18. The lowest BCUT2D eigenvalue weighted by Crippen LogP contribution is -2.15. The standard InChI is InChI=1S/C13H15F2N3/c1-18-9(7-8-17-18)5-6-12(16)13-10(14)3-2-4-11(13)15/h2-4,7-8,12H,5-6,16H2,1H3. The van der Waals surface area contributed by atoms with E-state index >= 15 is 0 Å². The Morgan fingerprint density at radius 1 is 1.28 bits per heavy atom. The van der Waals surface area contributed by atoms with Crippen molar-refractivity contribution in [3.05, 3.63) is 53.4 Å². The van der Waals surface area contributed by atoms with Gasteiger partial charge in [-0.1, -0.05) is 6.07 Å². The van der Waals surface area contributed by atoms with Crippen LogP contribution in [-0.2, 0) is 13.5 Å². The third-order valence-electron chi connectivity index (χ3n) is 3.00. The van der Waals surface area contributed by atoms with Gasteiger partial charge in [0.05, 0.1) is 0 Å². The summed E-state index contributed by atoms with van der Waals surface area (Å²) in [6.07, 6.45) is 2.79. The fourth-order valence-electron chi connectivity index (χ4n) is 1.96. The summed E-state index contributed by atoms with van der Waals surface area (Å²) in [7, 11) is 1.82.